The number of hydrogen-bond donors (Lipinski definition) is 0. The Morgan fingerprint density at radius 3 is 2.48 bits per heavy atom. The number of nitrogens with zero attached hydrogens (tertiary/aromatic N) is 3. The highest BCUT2D eigenvalue weighted by Gasteiger charge is 2.17. The maximum atomic E-state index is 14.7. The van der Waals surface area contributed by atoms with Crippen LogP contribution < -0.4 is 5.56 Å². The molecule has 2 aromatic heterocycles. The van der Waals surface area contributed by atoms with Crippen molar-refractivity contribution < 1.29 is 13.6 Å². The first kappa shape index (κ1) is 22.6. The van der Waals surface area contributed by atoms with Gasteiger partial charge in [0.15, 0.2) is 6.61 Å². The number of para-hydroxylation sites is 1. The van der Waals surface area contributed by atoms with Crippen LogP contribution in [0, 0.1) is 11.6 Å². The quantitative estimate of drug-likeness (QED) is 0.256. The van der Waals surface area contributed by atoms with E-state index < -0.39 is 17.2 Å². The van der Waals surface area contributed by atoms with E-state index in [9.17, 15) is 13.6 Å². The molecule has 4 aromatic rings. The average Bonchev–Trinajstić information content (AvgIpc) is 2.79. The molecule has 0 saturated heterocycles. The number of halogens is 4. The van der Waals surface area contributed by atoms with Crippen LogP contribution >= 0.6 is 23.2 Å². The van der Waals surface area contributed by atoms with E-state index in [1.54, 1.807) is 42.6 Å². The molecule has 0 fully saturated rings. The van der Waals surface area contributed by atoms with Crippen molar-refractivity contribution in [2.24, 2.45) is 5.16 Å². The second-order valence-electron chi connectivity index (χ2n) is 6.85. The molecule has 33 heavy (non-hydrogen) atoms. The second-order valence-corrected chi connectivity index (χ2v) is 7.67. The highest BCUT2D eigenvalue weighted by molar-refractivity contribution is 6.37. The number of rotatable bonds is 6. The maximum absolute atomic E-state index is 14.7. The molecule has 4 rings (SSSR count). The molecule has 9 heteroatoms. The van der Waals surface area contributed by atoms with Crippen molar-refractivity contribution in [3.63, 3.8) is 0 Å². The number of oxime groups is 1. The van der Waals surface area contributed by atoms with Crippen molar-refractivity contribution in [3.8, 4) is 5.69 Å². The summed E-state index contributed by atoms with van der Waals surface area (Å²) in [6.07, 6.45) is 3.02. The summed E-state index contributed by atoms with van der Waals surface area (Å²) in [5, 5.41) is 4.59. The van der Waals surface area contributed by atoms with Gasteiger partial charge in [0.05, 0.1) is 21.4 Å². The fourth-order valence-corrected chi connectivity index (χ4v) is 3.69. The lowest BCUT2D eigenvalue weighted by Crippen LogP contribution is -2.20. The third kappa shape index (κ3) is 5.10. The molecule has 0 bridgehead atoms. The smallest absolute Gasteiger partial charge is 0.255 e. The van der Waals surface area contributed by atoms with Gasteiger partial charge in [-0.15, -0.1) is 0 Å². The molecule has 0 atom stereocenters. The largest absolute Gasteiger partial charge is 0.389 e. The van der Waals surface area contributed by atoms with Crippen LogP contribution in [0.3, 0.4) is 0 Å². The Kier molecular flexibility index (Phi) is 6.82. The van der Waals surface area contributed by atoms with Crippen LogP contribution in [0.15, 0.2) is 89.1 Å². The minimum atomic E-state index is -0.844. The average molecular weight is 486 g/mol. The Bertz CT molecular complexity index is 1370. The first-order valence-corrected chi connectivity index (χ1v) is 10.4. The monoisotopic (exact) mass is 485 g/mol. The number of hydrogen-bond acceptors (Lipinski definition) is 4. The molecule has 0 amide bonds. The van der Waals surface area contributed by atoms with Crippen molar-refractivity contribution in [3.05, 3.63) is 128 Å². The number of pyridine rings is 2. The van der Waals surface area contributed by atoms with Gasteiger partial charge in [-0.2, -0.15) is 0 Å². The normalized spacial score (nSPS) is 11.5. The molecular weight excluding hydrogens is 471 g/mol. The van der Waals surface area contributed by atoms with E-state index >= 15 is 0 Å². The van der Waals surface area contributed by atoms with Crippen LogP contribution in [-0.4, -0.2) is 15.3 Å². The third-order valence-corrected chi connectivity index (χ3v) is 5.25. The first-order valence-electron chi connectivity index (χ1n) is 9.67. The topological polar surface area (TPSA) is 56.5 Å². The molecule has 0 aliphatic carbocycles. The number of benzene rings is 2. The molecule has 166 valence electrons. The molecular formula is C24H15Cl2F2N3O2. The molecule has 2 aromatic carbocycles. The summed E-state index contributed by atoms with van der Waals surface area (Å²) in [5.74, 6) is -1.58. The highest BCUT2D eigenvalue weighted by Crippen LogP contribution is 2.27. The zero-order valence-corrected chi connectivity index (χ0v) is 18.4. The third-order valence-electron chi connectivity index (χ3n) is 4.64. The van der Waals surface area contributed by atoms with E-state index in [1.165, 1.54) is 29.0 Å². The van der Waals surface area contributed by atoms with Crippen molar-refractivity contribution in [2.75, 3.05) is 0 Å². The zero-order valence-electron chi connectivity index (χ0n) is 16.9. The van der Waals surface area contributed by atoms with Crippen molar-refractivity contribution in [2.45, 2.75) is 6.61 Å². The fourth-order valence-electron chi connectivity index (χ4n) is 3.11. The van der Waals surface area contributed by atoms with Crippen LogP contribution in [0.2, 0.25) is 10.0 Å². The standard InChI is InChI=1S/C24H15Cl2F2N3O2/c25-19-5-3-6-20(26)24(19)31-13-15(7-10-22(31)32)23(18-9-8-16(27)12-21(18)28)30-33-14-17-4-1-2-11-29-17/h1-13H,14H2/b30-23-. The highest BCUT2D eigenvalue weighted by atomic mass is 35.5. The van der Waals surface area contributed by atoms with E-state index in [-0.39, 0.29) is 33.6 Å². The van der Waals surface area contributed by atoms with E-state index in [0.717, 1.165) is 12.1 Å². The molecule has 0 radical (unpaired) electrons. The van der Waals surface area contributed by atoms with Gasteiger partial charge < -0.3 is 4.84 Å². The molecule has 0 aliphatic rings. The summed E-state index contributed by atoms with van der Waals surface area (Å²) in [4.78, 5) is 22.2. The predicted molar refractivity (Wildman–Crippen MR) is 123 cm³/mol. The molecule has 2 heterocycles. The van der Waals surface area contributed by atoms with Gasteiger partial charge in [-0.3, -0.25) is 14.3 Å². The fraction of sp³-hybridized carbons (Fsp3) is 0.0417. The van der Waals surface area contributed by atoms with E-state index in [4.69, 9.17) is 28.0 Å². The van der Waals surface area contributed by atoms with Gasteiger partial charge >= 0.3 is 0 Å². The Morgan fingerprint density at radius 1 is 1.00 bits per heavy atom. The van der Waals surface area contributed by atoms with Crippen molar-refractivity contribution >= 4 is 28.9 Å². The van der Waals surface area contributed by atoms with Gasteiger partial charge in [0.25, 0.3) is 5.56 Å². The zero-order chi connectivity index (χ0) is 23.4. The summed E-state index contributed by atoms with van der Waals surface area (Å²) in [6.45, 7) is 0.0170. The summed E-state index contributed by atoms with van der Waals surface area (Å²) < 4.78 is 29.4. The molecule has 0 unspecified atom stereocenters. The van der Waals surface area contributed by atoms with Crippen molar-refractivity contribution in [1.29, 1.82) is 0 Å². The second kappa shape index (κ2) is 9.94. The summed E-state index contributed by atoms with van der Waals surface area (Å²) in [5.41, 5.74) is 0.793. The van der Waals surface area contributed by atoms with Gasteiger partial charge in [0.2, 0.25) is 0 Å². The van der Waals surface area contributed by atoms with Crippen LogP contribution in [-0.2, 0) is 11.4 Å². The molecule has 0 aliphatic heterocycles. The van der Waals surface area contributed by atoms with Crippen LogP contribution in [0.25, 0.3) is 5.69 Å². The van der Waals surface area contributed by atoms with E-state index in [1.807, 2.05) is 0 Å². The SMILES string of the molecule is O=c1ccc(/C(=N/OCc2ccccn2)c2ccc(F)cc2F)cn1-c1c(Cl)cccc1Cl. The molecule has 0 N–H and O–H groups in total. The van der Waals surface area contributed by atoms with Gasteiger partial charge in [-0.1, -0.05) is 40.5 Å². The van der Waals surface area contributed by atoms with Gasteiger partial charge in [-0.05, 0) is 42.5 Å². The Balaban J connectivity index is 1.82. The summed E-state index contributed by atoms with van der Waals surface area (Å²) >= 11 is 12.5. The Hall–Kier alpha value is -3.55. The minimum absolute atomic E-state index is 0.0170. The van der Waals surface area contributed by atoms with E-state index in [0.29, 0.717) is 11.3 Å². The lowest BCUT2D eigenvalue weighted by atomic mass is 10.0. The van der Waals surface area contributed by atoms with Crippen LogP contribution in [0.4, 0.5) is 8.78 Å². The predicted octanol–water partition coefficient (Wildman–Crippen LogP) is 5.79. The lowest BCUT2D eigenvalue weighted by Gasteiger charge is -2.13. The van der Waals surface area contributed by atoms with Crippen molar-refractivity contribution in [1.82, 2.24) is 9.55 Å². The maximum Gasteiger partial charge on any atom is 0.255 e. The molecule has 5 nitrogen and oxygen atoms in total. The van der Waals surface area contributed by atoms with E-state index in [2.05, 4.69) is 10.1 Å². The van der Waals surface area contributed by atoms with Crippen LogP contribution in [0.5, 0.6) is 0 Å². The Labute approximate surface area is 197 Å². The van der Waals surface area contributed by atoms with Gasteiger partial charge in [-0.25, -0.2) is 8.78 Å². The van der Waals surface area contributed by atoms with Crippen LogP contribution in [0.1, 0.15) is 16.8 Å². The molecule has 0 saturated carbocycles. The summed E-state index contributed by atoms with van der Waals surface area (Å²) in [7, 11) is 0. The van der Waals surface area contributed by atoms with Gasteiger partial charge in [0.1, 0.15) is 17.3 Å². The molecule has 0 spiro atoms. The first-order chi connectivity index (χ1) is 15.9. The Morgan fingerprint density at radius 2 is 1.79 bits per heavy atom. The minimum Gasteiger partial charge on any atom is -0.389 e. The number of aromatic nitrogens is 2. The summed E-state index contributed by atoms with van der Waals surface area (Å²) in [6, 6.07) is 15.9. The lowest BCUT2D eigenvalue weighted by molar-refractivity contribution is 0.128. The van der Waals surface area contributed by atoms with Gasteiger partial charge in [0, 0.05) is 35.7 Å².